The Morgan fingerprint density at radius 2 is 1.94 bits per heavy atom. The van der Waals surface area contributed by atoms with E-state index in [9.17, 15) is 0 Å². The van der Waals surface area contributed by atoms with Crippen molar-refractivity contribution in [2.75, 3.05) is 23.7 Å². The van der Waals surface area contributed by atoms with Crippen molar-refractivity contribution in [3.8, 4) is 0 Å². The van der Waals surface area contributed by atoms with Crippen LogP contribution in [0.3, 0.4) is 0 Å². The lowest BCUT2D eigenvalue weighted by Crippen LogP contribution is -2.11. The maximum atomic E-state index is 4.31. The standard InChI is InChI=1S/C13H22N4/c1-4-5-14-12-10(3)13(17-8-16-12)15-7-11-6-9(11)2/h8-9,11H,4-7H2,1-3H3,(H2,14,15,16,17). The lowest BCUT2D eigenvalue weighted by atomic mass is 10.3. The normalized spacial score (nSPS) is 22.3. The summed E-state index contributed by atoms with van der Waals surface area (Å²) in [4.78, 5) is 8.58. The summed E-state index contributed by atoms with van der Waals surface area (Å²) in [6.45, 7) is 8.50. The Hall–Kier alpha value is -1.32. The van der Waals surface area contributed by atoms with Gasteiger partial charge in [-0.25, -0.2) is 9.97 Å². The molecule has 17 heavy (non-hydrogen) atoms. The minimum Gasteiger partial charge on any atom is -0.370 e. The number of nitrogens with one attached hydrogen (secondary N) is 2. The zero-order valence-electron chi connectivity index (χ0n) is 11.0. The Bertz CT molecular complexity index is 378. The van der Waals surface area contributed by atoms with Crippen molar-refractivity contribution >= 4 is 11.6 Å². The van der Waals surface area contributed by atoms with E-state index in [0.717, 1.165) is 48.5 Å². The molecule has 0 bridgehead atoms. The van der Waals surface area contributed by atoms with Gasteiger partial charge in [0.2, 0.25) is 0 Å². The molecule has 1 saturated carbocycles. The van der Waals surface area contributed by atoms with Gasteiger partial charge < -0.3 is 10.6 Å². The third-order valence-electron chi connectivity index (χ3n) is 3.43. The zero-order valence-corrected chi connectivity index (χ0v) is 11.0. The van der Waals surface area contributed by atoms with Gasteiger partial charge in [-0.05, 0) is 31.6 Å². The van der Waals surface area contributed by atoms with Gasteiger partial charge in [-0.2, -0.15) is 0 Å². The van der Waals surface area contributed by atoms with E-state index in [0.29, 0.717) is 0 Å². The maximum absolute atomic E-state index is 4.31. The zero-order chi connectivity index (χ0) is 12.3. The summed E-state index contributed by atoms with van der Waals surface area (Å²) in [6.07, 6.45) is 4.08. The Morgan fingerprint density at radius 3 is 2.53 bits per heavy atom. The Morgan fingerprint density at radius 1 is 1.29 bits per heavy atom. The average molecular weight is 234 g/mol. The van der Waals surface area contributed by atoms with Crippen molar-refractivity contribution in [3.63, 3.8) is 0 Å². The molecule has 1 aromatic heterocycles. The summed E-state index contributed by atoms with van der Waals surface area (Å²) >= 11 is 0. The van der Waals surface area contributed by atoms with E-state index in [1.54, 1.807) is 6.33 Å². The van der Waals surface area contributed by atoms with E-state index in [1.165, 1.54) is 6.42 Å². The van der Waals surface area contributed by atoms with Crippen molar-refractivity contribution < 1.29 is 0 Å². The number of rotatable bonds is 6. The average Bonchev–Trinajstić information content (AvgIpc) is 3.02. The SMILES string of the molecule is CCCNc1ncnc(NCC2CC2C)c1C. The highest BCUT2D eigenvalue weighted by Crippen LogP contribution is 2.37. The molecule has 1 aromatic rings. The van der Waals surface area contributed by atoms with Crippen molar-refractivity contribution in [1.82, 2.24) is 9.97 Å². The molecule has 1 aliphatic carbocycles. The predicted molar refractivity (Wildman–Crippen MR) is 71.3 cm³/mol. The third-order valence-corrected chi connectivity index (χ3v) is 3.43. The second-order valence-electron chi connectivity index (χ2n) is 4.98. The number of aromatic nitrogens is 2. The van der Waals surface area contributed by atoms with Crippen LogP contribution in [0.25, 0.3) is 0 Å². The van der Waals surface area contributed by atoms with Gasteiger partial charge in [-0.1, -0.05) is 13.8 Å². The molecule has 2 atom stereocenters. The highest BCUT2D eigenvalue weighted by atomic mass is 15.1. The molecule has 2 unspecified atom stereocenters. The van der Waals surface area contributed by atoms with Gasteiger partial charge >= 0.3 is 0 Å². The van der Waals surface area contributed by atoms with Gasteiger partial charge in [0.1, 0.15) is 18.0 Å². The van der Waals surface area contributed by atoms with E-state index >= 15 is 0 Å². The smallest absolute Gasteiger partial charge is 0.134 e. The summed E-state index contributed by atoms with van der Waals surface area (Å²) in [7, 11) is 0. The molecule has 0 spiro atoms. The summed E-state index contributed by atoms with van der Waals surface area (Å²) in [5, 5.41) is 6.75. The summed E-state index contributed by atoms with van der Waals surface area (Å²) in [6, 6.07) is 0. The van der Waals surface area contributed by atoms with E-state index in [2.05, 4.69) is 41.4 Å². The molecular weight excluding hydrogens is 212 g/mol. The van der Waals surface area contributed by atoms with E-state index in [1.807, 2.05) is 0 Å². The van der Waals surface area contributed by atoms with Gasteiger partial charge in [0.15, 0.2) is 0 Å². The Balaban J connectivity index is 1.96. The quantitative estimate of drug-likeness (QED) is 0.794. The van der Waals surface area contributed by atoms with Gasteiger partial charge in [0, 0.05) is 18.7 Å². The first-order valence-corrected chi connectivity index (χ1v) is 6.51. The van der Waals surface area contributed by atoms with Crippen LogP contribution in [0.2, 0.25) is 0 Å². The molecule has 4 nitrogen and oxygen atoms in total. The monoisotopic (exact) mass is 234 g/mol. The predicted octanol–water partition coefficient (Wildman–Crippen LogP) is 2.67. The molecular formula is C13H22N4. The van der Waals surface area contributed by atoms with Crippen molar-refractivity contribution in [2.45, 2.75) is 33.6 Å². The second-order valence-corrected chi connectivity index (χ2v) is 4.98. The molecule has 0 radical (unpaired) electrons. The topological polar surface area (TPSA) is 49.8 Å². The molecule has 1 fully saturated rings. The maximum Gasteiger partial charge on any atom is 0.134 e. The summed E-state index contributed by atoms with van der Waals surface area (Å²) < 4.78 is 0. The highest BCUT2D eigenvalue weighted by Gasteiger charge is 2.32. The minimum absolute atomic E-state index is 0.830. The summed E-state index contributed by atoms with van der Waals surface area (Å²) in [5.74, 6) is 3.63. The molecule has 0 aliphatic heterocycles. The number of anilines is 2. The van der Waals surface area contributed by atoms with Crippen LogP contribution in [0, 0.1) is 18.8 Å². The molecule has 1 aliphatic rings. The highest BCUT2D eigenvalue weighted by molar-refractivity contribution is 5.56. The Kier molecular flexibility index (Phi) is 3.82. The molecule has 2 rings (SSSR count). The molecule has 0 amide bonds. The lowest BCUT2D eigenvalue weighted by Gasteiger charge is -2.12. The van der Waals surface area contributed by atoms with E-state index in [4.69, 9.17) is 0 Å². The number of hydrogen-bond donors (Lipinski definition) is 2. The Labute approximate surface area is 103 Å². The molecule has 4 heteroatoms. The van der Waals surface area contributed by atoms with Crippen LogP contribution < -0.4 is 10.6 Å². The first-order valence-electron chi connectivity index (χ1n) is 6.51. The van der Waals surface area contributed by atoms with Gasteiger partial charge in [0.25, 0.3) is 0 Å². The minimum atomic E-state index is 0.830. The van der Waals surface area contributed by atoms with Crippen LogP contribution in [-0.2, 0) is 0 Å². The van der Waals surface area contributed by atoms with Crippen molar-refractivity contribution in [2.24, 2.45) is 11.8 Å². The molecule has 1 heterocycles. The third kappa shape index (κ3) is 3.08. The molecule has 2 N–H and O–H groups in total. The van der Waals surface area contributed by atoms with Gasteiger partial charge in [0.05, 0.1) is 0 Å². The van der Waals surface area contributed by atoms with Crippen molar-refractivity contribution in [3.05, 3.63) is 11.9 Å². The van der Waals surface area contributed by atoms with Crippen molar-refractivity contribution in [1.29, 1.82) is 0 Å². The van der Waals surface area contributed by atoms with Crippen LogP contribution >= 0.6 is 0 Å². The first-order chi connectivity index (χ1) is 8.22. The molecule has 0 aromatic carbocycles. The fraction of sp³-hybridized carbons (Fsp3) is 0.692. The fourth-order valence-electron chi connectivity index (χ4n) is 1.96. The van der Waals surface area contributed by atoms with Crippen LogP contribution in [0.4, 0.5) is 11.6 Å². The fourth-order valence-corrected chi connectivity index (χ4v) is 1.96. The first kappa shape index (κ1) is 12.1. The van der Waals surface area contributed by atoms with E-state index < -0.39 is 0 Å². The largest absolute Gasteiger partial charge is 0.370 e. The van der Waals surface area contributed by atoms with Crippen LogP contribution in [-0.4, -0.2) is 23.1 Å². The van der Waals surface area contributed by atoms with Gasteiger partial charge in [-0.3, -0.25) is 0 Å². The van der Waals surface area contributed by atoms with Gasteiger partial charge in [-0.15, -0.1) is 0 Å². The summed E-state index contributed by atoms with van der Waals surface area (Å²) in [5.41, 5.74) is 1.12. The molecule has 94 valence electrons. The number of nitrogens with zero attached hydrogens (tertiary/aromatic N) is 2. The second kappa shape index (κ2) is 5.34. The van der Waals surface area contributed by atoms with Crippen LogP contribution in [0.15, 0.2) is 6.33 Å². The number of hydrogen-bond acceptors (Lipinski definition) is 4. The molecule has 0 saturated heterocycles. The van der Waals surface area contributed by atoms with Crippen LogP contribution in [0.1, 0.15) is 32.3 Å². The van der Waals surface area contributed by atoms with E-state index in [-0.39, 0.29) is 0 Å². The lowest BCUT2D eigenvalue weighted by molar-refractivity contribution is 0.783. The van der Waals surface area contributed by atoms with Crippen LogP contribution in [0.5, 0.6) is 0 Å².